The number of piperidine rings is 1. The van der Waals surface area contributed by atoms with Crippen LogP contribution in [0.15, 0.2) is 48.5 Å². The van der Waals surface area contributed by atoms with Gasteiger partial charge in [0.25, 0.3) is 0 Å². The predicted octanol–water partition coefficient (Wildman–Crippen LogP) is 4.31. The molecule has 144 valence electrons. The van der Waals surface area contributed by atoms with Crippen molar-refractivity contribution in [1.29, 1.82) is 0 Å². The molecule has 2 aromatic rings. The lowest BCUT2D eigenvalue weighted by atomic mass is 10.1. The van der Waals surface area contributed by atoms with Gasteiger partial charge in [0, 0.05) is 13.1 Å². The van der Waals surface area contributed by atoms with Gasteiger partial charge in [-0.15, -0.1) is 0 Å². The smallest absolute Gasteiger partial charge is 0.373 e. The third-order valence-corrected chi connectivity index (χ3v) is 4.33. The van der Waals surface area contributed by atoms with Crippen molar-refractivity contribution in [1.82, 2.24) is 9.88 Å². The minimum absolute atomic E-state index is 0.0564. The van der Waals surface area contributed by atoms with Crippen LogP contribution in [0.4, 0.5) is 23.8 Å². The molecule has 8 heteroatoms. The second kappa shape index (κ2) is 8.39. The van der Waals surface area contributed by atoms with Crippen molar-refractivity contribution in [2.45, 2.75) is 31.7 Å². The van der Waals surface area contributed by atoms with E-state index in [1.54, 1.807) is 4.90 Å². The molecule has 1 aromatic carbocycles. The first-order chi connectivity index (χ1) is 12.9. The van der Waals surface area contributed by atoms with Gasteiger partial charge >= 0.3 is 12.2 Å². The summed E-state index contributed by atoms with van der Waals surface area (Å²) in [5.74, 6) is -0.114. The van der Waals surface area contributed by atoms with Crippen LogP contribution in [0.25, 0.3) is 0 Å². The lowest BCUT2D eigenvalue weighted by Crippen LogP contribution is -2.43. The second-order valence-electron chi connectivity index (χ2n) is 6.32. The summed E-state index contributed by atoms with van der Waals surface area (Å²) < 4.78 is 44.0. The molecule has 0 saturated carbocycles. The fourth-order valence-electron chi connectivity index (χ4n) is 2.86. The molecule has 0 unspecified atom stereocenters. The van der Waals surface area contributed by atoms with E-state index in [4.69, 9.17) is 4.74 Å². The van der Waals surface area contributed by atoms with E-state index in [1.165, 1.54) is 12.1 Å². The lowest BCUT2D eigenvalue weighted by molar-refractivity contribution is -0.141. The summed E-state index contributed by atoms with van der Waals surface area (Å²) in [5.41, 5.74) is 0.0570. The van der Waals surface area contributed by atoms with Gasteiger partial charge in [0.1, 0.15) is 11.5 Å². The average molecular weight is 379 g/mol. The van der Waals surface area contributed by atoms with Crippen LogP contribution in [-0.2, 0) is 17.5 Å². The number of likely N-dealkylation sites (tertiary alicyclic amines) is 1. The first-order valence-electron chi connectivity index (χ1n) is 8.67. The number of benzene rings is 1. The van der Waals surface area contributed by atoms with Crippen LogP contribution in [0, 0.1) is 0 Å². The molecule has 0 spiro atoms. The van der Waals surface area contributed by atoms with Gasteiger partial charge in [0.05, 0.1) is 12.7 Å². The molecule has 2 amide bonds. The molecule has 0 bridgehead atoms. The van der Waals surface area contributed by atoms with E-state index in [0.717, 1.165) is 11.6 Å². The molecule has 27 heavy (non-hydrogen) atoms. The van der Waals surface area contributed by atoms with Crippen LogP contribution in [0.5, 0.6) is 0 Å². The molecule has 1 fully saturated rings. The molecule has 2 heterocycles. The highest BCUT2D eigenvalue weighted by Crippen LogP contribution is 2.28. The predicted molar refractivity (Wildman–Crippen MR) is 94.1 cm³/mol. The van der Waals surface area contributed by atoms with Gasteiger partial charge < -0.3 is 9.64 Å². The number of carbonyl (C=O) groups excluding carboxylic acids is 1. The van der Waals surface area contributed by atoms with Crippen molar-refractivity contribution in [2.24, 2.45) is 0 Å². The standard InChI is InChI=1S/C19H20F3N3O2/c20-19(21,22)16-7-4-8-17(23-16)24-18(26)25-11-9-15(10-12-25)27-13-14-5-2-1-3-6-14/h1-8,15H,9-13H2,(H,23,24,26). The van der Waals surface area contributed by atoms with Crippen LogP contribution >= 0.6 is 0 Å². The van der Waals surface area contributed by atoms with E-state index in [1.807, 2.05) is 30.3 Å². The van der Waals surface area contributed by atoms with E-state index in [2.05, 4.69) is 10.3 Å². The van der Waals surface area contributed by atoms with Gasteiger partial charge in [-0.2, -0.15) is 13.2 Å². The molecule has 5 nitrogen and oxygen atoms in total. The van der Waals surface area contributed by atoms with Crippen molar-refractivity contribution >= 4 is 11.8 Å². The summed E-state index contributed by atoms with van der Waals surface area (Å²) in [4.78, 5) is 17.3. The van der Waals surface area contributed by atoms with E-state index in [0.29, 0.717) is 32.5 Å². The molecule has 1 N–H and O–H groups in total. The Hall–Kier alpha value is -2.61. The van der Waals surface area contributed by atoms with Crippen molar-refractivity contribution < 1.29 is 22.7 Å². The monoisotopic (exact) mass is 379 g/mol. The summed E-state index contributed by atoms with van der Waals surface area (Å²) >= 11 is 0. The number of aromatic nitrogens is 1. The highest BCUT2D eigenvalue weighted by Gasteiger charge is 2.32. The zero-order chi connectivity index (χ0) is 19.3. The first kappa shape index (κ1) is 19.2. The Bertz CT molecular complexity index is 760. The molecular weight excluding hydrogens is 359 g/mol. The summed E-state index contributed by atoms with van der Waals surface area (Å²) in [5, 5.41) is 2.43. The van der Waals surface area contributed by atoms with Gasteiger partial charge in [-0.1, -0.05) is 36.4 Å². The average Bonchev–Trinajstić information content (AvgIpc) is 2.67. The fourth-order valence-corrected chi connectivity index (χ4v) is 2.86. The summed E-state index contributed by atoms with van der Waals surface area (Å²) in [6, 6.07) is 12.8. The zero-order valence-electron chi connectivity index (χ0n) is 14.6. The number of nitrogens with one attached hydrogen (secondary N) is 1. The van der Waals surface area contributed by atoms with E-state index in [9.17, 15) is 18.0 Å². The Morgan fingerprint density at radius 2 is 1.81 bits per heavy atom. The molecule has 0 atom stereocenters. The molecule has 1 aliphatic rings. The van der Waals surface area contributed by atoms with E-state index < -0.39 is 17.9 Å². The van der Waals surface area contributed by atoms with E-state index in [-0.39, 0.29) is 11.9 Å². The van der Waals surface area contributed by atoms with Crippen LogP contribution in [0.3, 0.4) is 0 Å². The third kappa shape index (κ3) is 5.43. The summed E-state index contributed by atoms with van der Waals surface area (Å²) in [6.45, 7) is 1.47. The van der Waals surface area contributed by atoms with Crippen LogP contribution in [-0.4, -0.2) is 35.1 Å². The SMILES string of the molecule is O=C(Nc1cccc(C(F)(F)F)n1)N1CCC(OCc2ccccc2)CC1. The topological polar surface area (TPSA) is 54.5 Å². The highest BCUT2D eigenvalue weighted by atomic mass is 19.4. The number of hydrogen-bond acceptors (Lipinski definition) is 3. The maximum absolute atomic E-state index is 12.7. The van der Waals surface area contributed by atoms with Gasteiger partial charge in [0.2, 0.25) is 0 Å². The molecule has 3 rings (SSSR count). The number of nitrogens with zero attached hydrogens (tertiary/aromatic N) is 2. The van der Waals surface area contributed by atoms with Gasteiger partial charge in [-0.3, -0.25) is 5.32 Å². The van der Waals surface area contributed by atoms with E-state index >= 15 is 0 Å². The molecule has 0 radical (unpaired) electrons. The van der Waals surface area contributed by atoms with Crippen LogP contribution < -0.4 is 5.32 Å². The normalized spacial score (nSPS) is 15.6. The Balaban J connectivity index is 1.47. The highest BCUT2D eigenvalue weighted by molar-refractivity contribution is 5.88. The van der Waals surface area contributed by atoms with Gasteiger partial charge in [-0.05, 0) is 30.5 Å². The van der Waals surface area contributed by atoms with Crippen molar-refractivity contribution in [3.05, 3.63) is 59.8 Å². The molecule has 0 aliphatic carbocycles. The number of anilines is 1. The van der Waals surface area contributed by atoms with Crippen LogP contribution in [0.1, 0.15) is 24.1 Å². The minimum Gasteiger partial charge on any atom is -0.373 e. The van der Waals surface area contributed by atoms with Crippen molar-refractivity contribution in [3.8, 4) is 0 Å². The fraction of sp³-hybridized carbons (Fsp3) is 0.368. The number of halogens is 3. The van der Waals surface area contributed by atoms with Gasteiger partial charge in [0.15, 0.2) is 0 Å². The number of hydrogen-bond donors (Lipinski definition) is 1. The minimum atomic E-state index is -4.55. The molecule has 1 saturated heterocycles. The Labute approximate surface area is 155 Å². The van der Waals surface area contributed by atoms with Gasteiger partial charge in [-0.25, -0.2) is 9.78 Å². The summed E-state index contributed by atoms with van der Waals surface area (Å²) in [6.07, 6.45) is -3.14. The van der Waals surface area contributed by atoms with Crippen molar-refractivity contribution in [3.63, 3.8) is 0 Å². The quantitative estimate of drug-likeness (QED) is 0.861. The number of alkyl halides is 3. The maximum atomic E-state index is 12.7. The summed E-state index contributed by atoms with van der Waals surface area (Å²) in [7, 11) is 0. The zero-order valence-corrected chi connectivity index (χ0v) is 14.6. The number of ether oxygens (including phenoxy) is 1. The van der Waals surface area contributed by atoms with Crippen LogP contribution in [0.2, 0.25) is 0 Å². The second-order valence-corrected chi connectivity index (χ2v) is 6.32. The number of pyridine rings is 1. The molecular formula is C19H20F3N3O2. The Kier molecular flexibility index (Phi) is 5.95. The largest absolute Gasteiger partial charge is 0.433 e. The Morgan fingerprint density at radius 1 is 1.11 bits per heavy atom. The Morgan fingerprint density at radius 3 is 2.48 bits per heavy atom. The first-order valence-corrected chi connectivity index (χ1v) is 8.67. The number of amides is 2. The third-order valence-electron chi connectivity index (χ3n) is 4.33. The maximum Gasteiger partial charge on any atom is 0.433 e. The number of carbonyl (C=O) groups is 1. The molecule has 1 aliphatic heterocycles. The molecule has 1 aromatic heterocycles. The lowest BCUT2D eigenvalue weighted by Gasteiger charge is -2.31. The van der Waals surface area contributed by atoms with Crippen molar-refractivity contribution in [2.75, 3.05) is 18.4 Å². The number of rotatable bonds is 4. The number of urea groups is 1.